The summed E-state index contributed by atoms with van der Waals surface area (Å²) in [6.07, 6.45) is 1.27. The van der Waals surface area contributed by atoms with Gasteiger partial charge in [-0.3, -0.25) is 0 Å². The van der Waals surface area contributed by atoms with Crippen LogP contribution in [0.5, 0.6) is 0 Å². The zero-order valence-corrected chi connectivity index (χ0v) is 8.16. The molecule has 0 aliphatic carbocycles. The number of hydrogen-bond acceptors (Lipinski definition) is 4. The predicted molar refractivity (Wildman–Crippen MR) is 46.8 cm³/mol. The lowest BCUT2D eigenvalue weighted by Gasteiger charge is -2.10. The zero-order valence-electron chi connectivity index (χ0n) is 8.16. The van der Waals surface area contributed by atoms with Gasteiger partial charge in [0.05, 0.1) is 11.5 Å². The number of hydrogen-bond donors (Lipinski definition) is 0. The highest BCUT2D eigenvalue weighted by Gasteiger charge is 2.21. The van der Waals surface area contributed by atoms with Crippen molar-refractivity contribution in [3.05, 3.63) is 11.7 Å². The molecule has 0 aliphatic heterocycles. The molecule has 0 atom stereocenters. The smallest absolute Gasteiger partial charge is 0.228 e. The highest BCUT2D eigenvalue weighted by Crippen LogP contribution is 2.19. The number of rotatable bonds is 3. The lowest BCUT2D eigenvalue weighted by molar-refractivity contribution is 0.337. The average Bonchev–Trinajstić information content (AvgIpc) is 2.52. The third-order valence-corrected chi connectivity index (χ3v) is 1.72. The molecule has 0 radical (unpaired) electrons. The molecule has 0 aromatic carbocycles. The van der Waals surface area contributed by atoms with E-state index in [2.05, 4.69) is 16.2 Å². The molecule has 0 unspecified atom stereocenters. The topological polar surface area (TPSA) is 62.7 Å². The van der Waals surface area contributed by atoms with Crippen LogP contribution in [-0.4, -0.2) is 10.1 Å². The molecule has 0 fully saturated rings. The normalized spacial score (nSPS) is 11.2. The van der Waals surface area contributed by atoms with E-state index in [-0.39, 0.29) is 0 Å². The summed E-state index contributed by atoms with van der Waals surface area (Å²) in [6.45, 7) is 5.66. The van der Waals surface area contributed by atoms with Crippen molar-refractivity contribution in [2.24, 2.45) is 5.41 Å². The van der Waals surface area contributed by atoms with Gasteiger partial charge in [-0.2, -0.15) is 10.2 Å². The van der Waals surface area contributed by atoms with Crippen LogP contribution >= 0.6 is 0 Å². The predicted octanol–water partition coefficient (Wildman–Crippen LogP) is 1.72. The molecule has 0 spiro atoms. The first kappa shape index (κ1) is 9.72. The summed E-state index contributed by atoms with van der Waals surface area (Å²) in [4.78, 5) is 4.13. The molecule has 0 amide bonds. The lowest BCUT2D eigenvalue weighted by atomic mass is 9.91. The van der Waals surface area contributed by atoms with Gasteiger partial charge in [-0.1, -0.05) is 12.1 Å². The van der Waals surface area contributed by atoms with Crippen molar-refractivity contribution in [3.8, 4) is 6.07 Å². The van der Waals surface area contributed by atoms with E-state index >= 15 is 0 Å². The van der Waals surface area contributed by atoms with Gasteiger partial charge in [0, 0.05) is 12.8 Å². The van der Waals surface area contributed by atoms with E-state index in [1.165, 1.54) is 0 Å². The Morgan fingerprint density at radius 1 is 1.54 bits per heavy atom. The second-order valence-electron chi connectivity index (χ2n) is 3.63. The SMILES string of the molecule is CCc1noc(CC(C)(C)C#N)n1. The summed E-state index contributed by atoms with van der Waals surface area (Å²) in [6, 6.07) is 2.19. The summed E-state index contributed by atoms with van der Waals surface area (Å²) in [5, 5.41) is 12.5. The van der Waals surface area contributed by atoms with Crippen LogP contribution in [0.3, 0.4) is 0 Å². The van der Waals surface area contributed by atoms with Crippen molar-refractivity contribution >= 4 is 0 Å². The summed E-state index contributed by atoms with van der Waals surface area (Å²) in [5.74, 6) is 1.24. The van der Waals surface area contributed by atoms with Gasteiger partial charge in [0.2, 0.25) is 5.89 Å². The third kappa shape index (κ3) is 2.55. The molecule has 0 saturated heterocycles. The Kier molecular flexibility index (Phi) is 2.66. The van der Waals surface area contributed by atoms with Gasteiger partial charge >= 0.3 is 0 Å². The number of aryl methyl sites for hydroxylation is 1. The first-order valence-corrected chi connectivity index (χ1v) is 4.30. The zero-order chi connectivity index (χ0) is 9.90. The van der Waals surface area contributed by atoms with E-state index in [1.807, 2.05) is 20.8 Å². The van der Waals surface area contributed by atoms with Crippen molar-refractivity contribution in [1.82, 2.24) is 10.1 Å². The van der Waals surface area contributed by atoms with E-state index < -0.39 is 5.41 Å². The van der Waals surface area contributed by atoms with Gasteiger partial charge in [0.15, 0.2) is 5.82 Å². The summed E-state index contributed by atoms with van der Waals surface area (Å²) < 4.78 is 4.98. The minimum atomic E-state index is -0.433. The molecule has 1 rings (SSSR count). The van der Waals surface area contributed by atoms with E-state index in [1.54, 1.807) is 0 Å². The molecular weight excluding hydrogens is 166 g/mol. The Balaban J connectivity index is 2.70. The van der Waals surface area contributed by atoms with Crippen LogP contribution in [0.2, 0.25) is 0 Å². The minimum absolute atomic E-state index is 0.433. The average molecular weight is 179 g/mol. The fourth-order valence-electron chi connectivity index (χ4n) is 0.923. The molecule has 1 aromatic rings. The van der Waals surface area contributed by atoms with Crippen molar-refractivity contribution in [2.75, 3.05) is 0 Å². The van der Waals surface area contributed by atoms with E-state index in [4.69, 9.17) is 9.78 Å². The van der Waals surface area contributed by atoms with Gasteiger partial charge in [0.1, 0.15) is 0 Å². The largest absolute Gasteiger partial charge is 0.339 e. The Bertz CT molecular complexity index is 322. The van der Waals surface area contributed by atoms with Crippen LogP contribution in [0.1, 0.15) is 32.5 Å². The Morgan fingerprint density at radius 3 is 2.69 bits per heavy atom. The standard InChI is InChI=1S/C9H13N3O/c1-4-7-11-8(13-12-7)5-9(2,3)6-10/h4-5H2,1-3H3. The molecule has 0 bridgehead atoms. The molecule has 0 aliphatic rings. The fourth-order valence-corrected chi connectivity index (χ4v) is 0.923. The second-order valence-corrected chi connectivity index (χ2v) is 3.63. The van der Waals surface area contributed by atoms with Crippen LogP contribution in [0, 0.1) is 16.7 Å². The monoisotopic (exact) mass is 179 g/mol. The van der Waals surface area contributed by atoms with Crippen molar-refractivity contribution in [1.29, 1.82) is 5.26 Å². The van der Waals surface area contributed by atoms with Crippen LogP contribution in [0.15, 0.2) is 4.52 Å². The maximum atomic E-state index is 8.78. The highest BCUT2D eigenvalue weighted by atomic mass is 16.5. The van der Waals surface area contributed by atoms with Gasteiger partial charge in [-0.05, 0) is 13.8 Å². The molecule has 0 saturated carbocycles. The molecule has 1 heterocycles. The van der Waals surface area contributed by atoms with Crippen LogP contribution < -0.4 is 0 Å². The van der Waals surface area contributed by atoms with Crippen LogP contribution in [0.25, 0.3) is 0 Å². The lowest BCUT2D eigenvalue weighted by Crippen LogP contribution is -2.11. The Hall–Kier alpha value is -1.37. The maximum Gasteiger partial charge on any atom is 0.228 e. The van der Waals surface area contributed by atoms with E-state index in [9.17, 15) is 0 Å². The Morgan fingerprint density at radius 2 is 2.23 bits per heavy atom. The molecule has 1 aromatic heterocycles. The van der Waals surface area contributed by atoms with Crippen molar-refractivity contribution in [3.63, 3.8) is 0 Å². The minimum Gasteiger partial charge on any atom is -0.339 e. The van der Waals surface area contributed by atoms with Gasteiger partial charge < -0.3 is 4.52 Å². The maximum absolute atomic E-state index is 8.78. The molecule has 0 N–H and O–H groups in total. The summed E-state index contributed by atoms with van der Waals surface area (Å²) in [7, 11) is 0. The number of nitriles is 1. The first-order valence-electron chi connectivity index (χ1n) is 4.30. The molecule has 13 heavy (non-hydrogen) atoms. The molecule has 4 nitrogen and oxygen atoms in total. The second kappa shape index (κ2) is 3.56. The van der Waals surface area contributed by atoms with Gasteiger partial charge in [0.25, 0.3) is 0 Å². The molecule has 70 valence electrons. The van der Waals surface area contributed by atoms with Crippen molar-refractivity contribution < 1.29 is 4.52 Å². The van der Waals surface area contributed by atoms with E-state index in [0.717, 1.165) is 6.42 Å². The number of nitrogens with zero attached hydrogens (tertiary/aromatic N) is 3. The summed E-state index contributed by atoms with van der Waals surface area (Å²) in [5.41, 5.74) is -0.433. The Labute approximate surface area is 77.6 Å². The van der Waals surface area contributed by atoms with E-state index in [0.29, 0.717) is 18.1 Å². The number of aromatic nitrogens is 2. The van der Waals surface area contributed by atoms with Crippen LogP contribution in [0.4, 0.5) is 0 Å². The molecular formula is C9H13N3O. The molecule has 4 heteroatoms. The van der Waals surface area contributed by atoms with Crippen molar-refractivity contribution in [2.45, 2.75) is 33.6 Å². The quantitative estimate of drug-likeness (QED) is 0.708. The third-order valence-electron chi connectivity index (χ3n) is 1.72. The first-order chi connectivity index (χ1) is 6.07. The van der Waals surface area contributed by atoms with Crippen LogP contribution in [-0.2, 0) is 12.8 Å². The highest BCUT2D eigenvalue weighted by molar-refractivity contribution is 4.99. The summed E-state index contributed by atoms with van der Waals surface area (Å²) >= 11 is 0. The van der Waals surface area contributed by atoms with Gasteiger partial charge in [-0.15, -0.1) is 0 Å². The fraction of sp³-hybridized carbons (Fsp3) is 0.667. The van der Waals surface area contributed by atoms with Gasteiger partial charge in [-0.25, -0.2) is 0 Å².